The SMILES string of the molecule is Cc1cccc(OCCC(=O)NCCC2CCCNC2)c1C. The van der Waals surface area contributed by atoms with Gasteiger partial charge in [-0.15, -0.1) is 0 Å². The fourth-order valence-corrected chi connectivity index (χ4v) is 2.81. The lowest BCUT2D eigenvalue weighted by molar-refractivity contribution is -0.121. The first-order valence-electron chi connectivity index (χ1n) is 8.33. The molecule has 0 radical (unpaired) electrons. The van der Waals surface area contributed by atoms with Crippen LogP contribution < -0.4 is 15.4 Å². The van der Waals surface area contributed by atoms with Gasteiger partial charge in [0, 0.05) is 6.54 Å². The van der Waals surface area contributed by atoms with Crippen LogP contribution in [0, 0.1) is 19.8 Å². The first-order chi connectivity index (χ1) is 10.7. The molecule has 1 aromatic carbocycles. The average molecular weight is 304 g/mol. The van der Waals surface area contributed by atoms with Gasteiger partial charge in [0.15, 0.2) is 0 Å². The molecule has 1 atom stereocenters. The first-order valence-corrected chi connectivity index (χ1v) is 8.33. The van der Waals surface area contributed by atoms with Crippen LogP contribution in [0.5, 0.6) is 5.75 Å². The predicted octanol–water partition coefficient (Wildman–Crippen LogP) is 2.58. The molecule has 1 fully saturated rings. The summed E-state index contributed by atoms with van der Waals surface area (Å²) in [4.78, 5) is 11.8. The number of hydrogen-bond acceptors (Lipinski definition) is 3. The molecule has 1 aliphatic rings. The molecule has 0 aliphatic carbocycles. The molecule has 1 unspecified atom stereocenters. The Morgan fingerprint density at radius 2 is 2.27 bits per heavy atom. The molecule has 1 aliphatic heterocycles. The van der Waals surface area contributed by atoms with E-state index in [0.717, 1.165) is 37.4 Å². The van der Waals surface area contributed by atoms with E-state index in [-0.39, 0.29) is 5.91 Å². The van der Waals surface area contributed by atoms with Crippen LogP contribution in [-0.2, 0) is 4.79 Å². The van der Waals surface area contributed by atoms with E-state index in [1.807, 2.05) is 19.1 Å². The lowest BCUT2D eigenvalue weighted by Crippen LogP contribution is -2.33. The van der Waals surface area contributed by atoms with Gasteiger partial charge in [-0.25, -0.2) is 0 Å². The van der Waals surface area contributed by atoms with Crippen molar-refractivity contribution in [2.24, 2.45) is 5.92 Å². The number of amides is 1. The van der Waals surface area contributed by atoms with Crippen molar-refractivity contribution in [2.45, 2.75) is 39.5 Å². The zero-order valence-corrected chi connectivity index (χ0v) is 13.8. The summed E-state index contributed by atoms with van der Waals surface area (Å²) in [5.41, 5.74) is 2.36. The van der Waals surface area contributed by atoms with Crippen molar-refractivity contribution in [3.05, 3.63) is 29.3 Å². The standard InChI is InChI=1S/C18H28N2O2/c1-14-5-3-7-17(15(14)2)22-12-9-18(21)20-11-8-16-6-4-10-19-13-16/h3,5,7,16,19H,4,6,8-13H2,1-2H3,(H,20,21). The number of nitrogens with one attached hydrogen (secondary N) is 2. The zero-order valence-electron chi connectivity index (χ0n) is 13.8. The highest BCUT2D eigenvalue weighted by atomic mass is 16.5. The Hall–Kier alpha value is -1.55. The minimum atomic E-state index is 0.0778. The van der Waals surface area contributed by atoms with Gasteiger partial charge in [0.1, 0.15) is 5.75 Å². The minimum Gasteiger partial charge on any atom is -0.493 e. The first kappa shape index (κ1) is 16.8. The summed E-state index contributed by atoms with van der Waals surface area (Å²) in [5, 5.41) is 6.40. The smallest absolute Gasteiger partial charge is 0.223 e. The number of ether oxygens (including phenoxy) is 1. The van der Waals surface area contributed by atoms with Gasteiger partial charge in [-0.05, 0) is 69.3 Å². The molecule has 2 rings (SSSR count). The van der Waals surface area contributed by atoms with Gasteiger partial charge >= 0.3 is 0 Å². The Bertz CT molecular complexity index is 482. The fourth-order valence-electron chi connectivity index (χ4n) is 2.81. The van der Waals surface area contributed by atoms with E-state index in [1.165, 1.54) is 18.4 Å². The van der Waals surface area contributed by atoms with Crippen LogP contribution in [0.3, 0.4) is 0 Å². The van der Waals surface area contributed by atoms with Gasteiger partial charge in [-0.3, -0.25) is 4.79 Å². The van der Waals surface area contributed by atoms with Crippen LogP contribution >= 0.6 is 0 Å². The van der Waals surface area contributed by atoms with Gasteiger partial charge in [0.25, 0.3) is 0 Å². The maximum Gasteiger partial charge on any atom is 0.223 e. The molecule has 0 bridgehead atoms. The van der Waals surface area contributed by atoms with Crippen LogP contribution in [-0.4, -0.2) is 32.1 Å². The van der Waals surface area contributed by atoms with Crippen LogP contribution in [0.15, 0.2) is 18.2 Å². The Morgan fingerprint density at radius 1 is 1.41 bits per heavy atom. The van der Waals surface area contributed by atoms with E-state index in [4.69, 9.17) is 4.74 Å². The maximum absolute atomic E-state index is 11.8. The van der Waals surface area contributed by atoms with Crippen LogP contribution in [0.1, 0.15) is 36.8 Å². The molecule has 1 aromatic rings. The summed E-state index contributed by atoms with van der Waals surface area (Å²) in [6.45, 7) is 7.54. The van der Waals surface area contributed by atoms with Crippen LogP contribution in [0.4, 0.5) is 0 Å². The highest BCUT2D eigenvalue weighted by Crippen LogP contribution is 2.20. The third-order valence-corrected chi connectivity index (χ3v) is 4.42. The van der Waals surface area contributed by atoms with E-state index >= 15 is 0 Å². The molecule has 4 nitrogen and oxygen atoms in total. The number of hydrogen-bond donors (Lipinski definition) is 2. The second kappa shape index (κ2) is 8.79. The molecule has 0 saturated carbocycles. The molecule has 122 valence electrons. The van der Waals surface area contributed by atoms with Gasteiger partial charge in [-0.2, -0.15) is 0 Å². The number of carbonyl (C=O) groups is 1. The third-order valence-electron chi connectivity index (χ3n) is 4.42. The van der Waals surface area contributed by atoms with E-state index < -0.39 is 0 Å². The van der Waals surface area contributed by atoms with Crippen LogP contribution in [0.2, 0.25) is 0 Å². The summed E-state index contributed by atoms with van der Waals surface area (Å²) < 4.78 is 5.71. The van der Waals surface area contributed by atoms with E-state index in [1.54, 1.807) is 0 Å². The van der Waals surface area contributed by atoms with Gasteiger partial charge in [-0.1, -0.05) is 12.1 Å². The van der Waals surface area contributed by atoms with Gasteiger partial charge in [0.05, 0.1) is 13.0 Å². The molecule has 2 N–H and O–H groups in total. The van der Waals surface area contributed by atoms with Crippen molar-refractivity contribution in [1.29, 1.82) is 0 Å². The van der Waals surface area contributed by atoms with E-state index in [9.17, 15) is 4.79 Å². The Morgan fingerprint density at radius 3 is 3.05 bits per heavy atom. The van der Waals surface area contributed by atoms with Gasteiger partial charge < -0.3 is 15.4 Å². The molecular weight excluding hydrogens is 276 g/mol. The van der Waals surface area contributed by atoms with Crippen LogP contribution in [0.25, 0.3) is 0 Å². The van der Waals surface area contributed by atoms with Crippen molar-refractivity contribution in [2.75, 3.05) is 26.2 Å². The number of piperidine rings is 1. The van der Waals surface area contributed by atoms with Crippen molar-refractivity contribution in [3.63, 3.8) is 0 Å². The Kier molecular flexibility index (Phi) is 6.72. The average Bonchev–Trinajstić information content (AvgIpc) is 2.52. The summed E-state index contributed by atoms with van der Waals surface area (Å²) in [6, 6.07) is 6.00. The normalized spacial score (nSPS) is 18.0. The molecule has 1 heterocycles. The zero-order chi connectivity index (χ0) is 15.8. The lowest BCUT2D eigenvalue weighted by atomic mass is 9.96. The Balaban J connectivity index is 1.60. The van der Waals surface area contributed by atoms with E-state index in [2.05, 4.69) is 23.6 Å². The van der Waals surface area contributed by atoms with Crippen molar-refractivity contribution < 1.29 is 9.53 Å². The number of rotatable bonds is 7. The maximum atomic E-state index is 11.8. The molecule has 0 aromatic heterocycles. The number of aryl methyl sites for hydroxylation is 1. The predicted molar refractivity (Wildman–Crippen MR) is 89.2 cm³/mol. The molecule has 4 heteroatoms. The largest absolute Gasteiger partial charge is 0.493 e. The summed E-state index contributed by atoms with van der Waals surface area (Å²) >= 11 is 0. The highest BCUT2D eigenvalue weighted by Gasteiger charge is 2.12. The highest BCUT2D eigenvalue weighted by molar-refractivity contribution is 5.75. The second-order valence-corrected chi connectivity index (χ2v) is 6.15. The summed E-state index contributed by atoms with van der Waals surface area (Å²) in [5.74, 6) is 1.66. The monoisotopic (exact) mass is 304 g/mol. The van der Waals surface area contributed by atoms with Crippen molar-refractivity contribution in [3.8, 4) is 5.75 Å². The molecule has 22 heavy (non-hydrogen) atoms. The van der Waals surface area contributed by atoms with Gasteiger partial charge in [0.2, 0.25) is 5.91 Å². The third kappa shape index (κ3) is 5.34. The quantitative estimate of drug-likeness (QED) is 0.814. The summed E-state index contributed by atoms with van der Waals surface area (Å²) in [6.07, 6.45) is 4.01. The van der Waals surface area contributed by atoms with Crippen molar-refractivity contribution >= 4 is 5.91 Å². The minimum absolute atomic E-state index is 0.0778. The topological polar surface area (TPSA) is 50.4 Å². The molecular formula is C18H28N2O2. The lowest BCUT2D eigenvalue weighted by Gasteiger charge is -2.22. The summed E-state index contributed by atoms with van der Waals surface area (Å²) in [7, 11) is 0. The molecule has 0 spiro atoms. The Labute approximate surface area is 133 Å². The number of carbonyl (C=O) groups excluding carboxylic acids is 1. The fraction of sp³-hybridized carbons (Fsp3) is 0.611. The molecule has 1 amide bonds. The molecule has 1 saturated heterocycles. The second-order valence-electron chi connectivity index (χ2n) is 6.15. The van der Waals surface area contributed by atoms with Crippen molar-refractivity contribution in [1.82, 2.24) is 10.6 Å². The van der Waals surface area contributed by atoms with E-state index in [0.29, 0.717) is 18.9 Å². The number of benzene rings is 1.